The van der Waals surface area contributed by atoms with Crippen molar-refractivity contribution in [1.82, 2.24) is 5.32 Å². The Kier molecular flexibility index (Phi) is 5.07. The van der Waals surface area contributed by atoms with E-state index in [1.165, 1.54) is 12.1 Å². The second kappa shape index (κ2) is 6.59. The van der Waals surface area contributed by atoms with Crippen molar-refractivity contribution in [3.05, 3.63) is 56.2 Å². The predicted molar refractivity (Wildman–Crippen MR) is 78.5 cm³/mol. The van der Waals surface area contributed by atoms with Crippen LogP contribution in [-0.2, 0) is 6.42 Å². The number of likely N-dealkylation sites (N-methyl/N-ethyl adjacent to an activating group) is 1. The molecular weight excluding hydrogens is 332 g/mol. The average molecular weight is 346 g/mol. The Labute approximate surface area is 123 Å². The van der Waals surface area contributed by atoms with Crippen LogP contribution in [0.4, 0.5) is 8.78 Å². The summed E-state index contributed by atoms with van der Waals surface area (Å²) in [6.45, 7) is 2.73. The van der Waals surface area contributed by atoms with Crippen LogP contribution in [-0.4, -0.2) is 6.54 Å². The van der Waals surface area contributed by atoms with Gasteiger partial charge in [-0.3, -0.25) is 0 Å². The lowest BCUT2D eigenvalue weighted by Gasteiger charge is -2.17. The molecule has 1 atom stereocenters. The first-order valence-electron chi connectivity index (χ1n) is 6.02. The summed E-state index contributed by atoms with van der Waals surface area (Å²) in [4.78, 5) is 1.08. The molecule has 0 amide bonds. The van der Waals surface area contributed by atoms with Crippen LogP contribution in [0, 0.1) is 11.6 Å². The Morgan fingerprint density at radius 2 is 2.11 bits per heavy atom. The van der Waals surface area contributed by atoms with Crippen LogP contribution in [0.3, 0.4) is 0 Å². The normalized spacial score (nSPS) is 12.6. The SMILES string of the molecule is CCNC(Cc1c(F)ccc(Br)c1F)c1cccs1. The summed E-state index contributed by atoms with van der Waals surface area (Å²) in [6, 6.07) is 6.54. The molecule has 5 heteroatoms. The van der Waals surface area contributed by atoms with E-state index in [2.05, 4.69) is 21.2 Å². The first-order valence-corrected chi connectivity index (χ1v) is 7.70. The van der Waals surface area contributed by atoms with Crippen LogP contribution in [0.1, 0.15) is 23.4 Å². The maximum Gasteiger partial charge on any atom is 0.143 e. The number of rotatable bonds is 5. The zero-order valence-corrected chi connectivity index (χ0v) is 12.8. The van der Waals surface area contributed by atoms with Gasteiger partial charge >= 0.3 is 0 Å². The monoisotopic (exact) mass is 345 g/mol. The van der Waals surface area contributed by atoms with Gasteiger partial charge in [0.15, 0.2) is 0 Å². The van der Waals surface area contributed by atoms with Crippen molar-refractivity contribution in [2.24, 2.45) is 0 Å². The maximum atomic E-state index is 14.0. The summed E-state index contributed by atoms with van der Waals surface area (Å²) >= 11 is 4.69. The van der Waals surface area contributed by atoms with Crippen LogP contribution in [0.15, 0.2) is 34.1 Å². The molecule has 1 aromatic heterocycles. The minimum absolute atomic E-state index is 0.0664. The fourth-order valence-corrected chi connectivity index (χ4v) is 3.14. The molecule has 0 saturated carbocycles. The molecule has 1 N–H and O–H groups in total. The lowest BCUT2D eigenvalue weighted by atomic mass is 10.0. The van der Waals surface area contributed by atoms with Gasteiger partial charge in [-0.1, -0.05) is 13.0 Å². The summed E-state index contributed by atoms with van der Waals surface area (Å²) < 4.78 is 28.1. The number of halogens is 3. The highest BCUT2D eigenvalue weighted by atomic mass is 79.9. The van der Waals surface area contributed by atoms with E-state index in [0.717, 1.165) is 11.4 Å². The molecule has 2 aromatic rings. The Morgan fingerprint density at radius 3 is 2.74 bits per heavy atom. The molecule has 19 heavy (non-hydrogen) atoms. The quantitative estimate of drug-likeness (QED) is 0.775. The first-order chi connectivity index (χ1) is 9.13. The van der Waals surface area contributed by atoms with Gasteiger partial charge in [0.1, 0.15) is 11.6 Å². The van der Waals surface area contributed by atoms with Crippen molar-refractivity contribution in [2.45, 2.75) is 19.4 Å². The van der Waals surface area contributed by atoms with E-state index >= 15 is 0 Å². The van der Waals surface area contributed by atoms with Gasteiger partial charge < -0.3 is 5.32 Å². The van der Waals surface area contributed by atoms with Crippen molar-refractivity contribution < 1.29 is 8.78 Å². The average Bonchev–Trinajstić information content (AvgIpc) is 2.92. The van der Waals surface area contributed by atoms with E-state index in [1.807, 2.05) is 24.4 Å². The van der Waals surface area contributed by atoms with Crippen molar-refractivity contribution in [3.63, 3.8) is 0 Å². The van der Waals surface area contributed by atoms with Gasteiger partial charge in [0.05, 0.1) is 4.47 Å². The standard InChI is InChI=1S/C14H14BrF2NS/c1-2-18-12(13-4-3-7-19-13)8-9-11(16)6-5-10(15)14(9)17/h3-7,12,18H,2,8H2,1H3. The summed E-state index contributed by atoms with van der Waals surface area (Å²) in [5, 5.41) is 5.23. The topological polar surface area (TPSA) is 12.0 Å². The van der Waals surface area contributed by atoms with Crippen LogP contribution < -0.4 is 5.32 Å². The molecule has 1 aromatic carbocycles. The Morgan fingerprint density at radius 1 is 1.32 bits per heavy atom. The number of hydrogen-bond donors (Lipinski definition) is 1. The van der Waals surface area contributed by atoms with Crippen molar-refractivity contribution >= 4 is 27.3 Å². The molecule has 0 radical (unpaired) electrons. The fourth-order valence-electron chi connectivity index (χ4n) is 1.97. The van der Waals surface area contributed by atoms with E-state index in [4.69, 9.17) is 0 Å². The van der Waals surface area contributed by atoms with Crippen molar-refractivity contribution in [1.29, 1.82) is 0 Å². The molecule has 1 nitrogen and oxygen atoms in total. The van der Waals surface area contributed by atoms with Crippen LogP contribution in [0.2, 0.25) is 0 Å². The highest BCUT2D eigenvalue weighted by Crippen LogP contribution is 2.28. The van der Waals surface area contributed by atoms with E-state index in [0.29, 0.717) is 10.9 Å². The second-order valence-corrected chi connectivity index (χ2v) is 5.99. The van der Waals surface area contributed by atoms with Crippen molar-refractivity contribution in [3.8, 4) is 0 Å². The molecule has 0 aliphatic heterocycles. The van der Waals surface area contributed by atoms with Crippen LogP contribution in [0.25, 0.3) is 0 Å². The zero-order valence-electron chi connectivity index (χ0n) is 10.4. The minimum Gasteiger partial charge on any atom is -0.309 e. The number of thiophene rings is 1. The largest absolute Gasteiger partial charge is 0.309 e. The molecule has 102 valence electrons. The predicted octanol–water partition coefficient (Wildman–Crippen LogP) is 4.68. The van der Waals surface area contributed by atoms with Gasteiger partial charge in [-0.25, -0.2) is 8.78 Å². The van der Waals surface area contributed by atoms with Gasteiger partial charge in [0.2, 0.25) is 0 Å². The molecule has 2 rings (SSSR count). The van der Waals surface area contributed by atoms with Crippen molar-refractivity contribution in [2.75, 3.05) is 6.54 Å². The zero-order chi connectivity index (χ0) is 13.8. The van der Waals surface area contributed by atoms with E-state index in [-0.39, 0.29) is 11.6 Å². The first kappa shape index (κ1) is 14.6. The molecule has 1 heterocycles. The lowest BCUT2D eigenvalue weighted by Crippen LogP contribution is -2.23. The molecule has 0 saturated heterocycles. The number of benzene rings is 1. The minimum atomic E-state index is -0.514. The Hall–Kier alpha value is -0.780. The number of hydrogen-bond acceptors (Lipinski definition) is 2. The van der Waals surface area contributed by atoms with Crippen LogP contribution >= 0.6 is 27.3 Å². The molecule has 0 bridgehead atoms. The molecule has 1 unspecified atom stereocenters. The Balaban J connectivity index is 2.30. The van der Waals surface area contributed by atoms with E-state index in [1.54, 1.807) is 11.3 Å². The van der Waals surface area contributed by atoms with E-state index in [9.17, 15) is 8.78 Å². The van der Waals surface area contributed by atoms with Gasteiger partial charge in [-0.05, 0) is 52.5 Å². The summed E-state index contributed by atoms with van der Waals surface area (Å²) in [7, 11) is 0. The lowest BCUT2D eigenvalue weighted by molar-refractivity contribution is 0.501. The molecule has 0 aliphatic rings. The fraction of sp³-hybridized carbons (Fsp3) is 0.286. The van der Waals surface area contributed by atoms with Gasteiger partial charge in [-0.2, -0.15) is 0 Å². The summed E-state index contributed by atoms with van der Waals surface area (Å²) in [6.07, 6.45) is 0.297. The second-order valence-electron chi connectivity index (χ2n) is 4.15. The number of nitrogens with one attached hydrogen (secondary N) is 1. The van der Waals surface area contributed by atoms with Gasteiger partial charge in [0, 0.05) is 16.5 Å². The third-order valence-corrected chi connectivity index (χ3v) is 4.48. The molecule has 0 aliphatic carbocycles. The van der Waals surface area contributed by atoms with E-state index < -0.39 is 11.6 Å². The highest BCUT2D eigenvalue weighted by Gasteiger charge is 2.19. The Bertz CT molecular complexity index is 543. The van der Waals surface area contributed by atoms with Crippen LogP contribution in [0.5, 0.6) is 0 Å². The van der Waals surface area contributed by atoms with Gasteiger partial charge in [0.25, 0.3) is 0 Å². The maximum absolute atomic E-state index is 14.0. The van der Waals surface area contributed by atoms with Gasteiger partial charge in [-0.15, -0.1) is 11.3 Å². The smallest absolute Gasteiger partial charge is 0.143 e. The molecule has 0 spiro atoms. The third-order valence-electron chi connectivity index (χ3n) is 2.88. The third kappa shape index (κ3) is 3.41. The summed E-state index contributed by atoms with van der Waals surface area (Å²) in [5.74, 6) is -1.01. The molecule has 0 fully saturated rings. The molecular formula is C14H14BrF2NS. The summed E-state index contributed by atoms with van der Waals surface area (Å²) in [5.41, 5.74) is 0.119. The highest BCUT2D eigenvalue weighted by molar-refractivity contribution is 9.10.